The van der Waals surface area contributed by atoms with E-state index >= 15 is 0 Å². The highest BCUT2D eigenvalue weighted by Crippen LogP contribution is 2.33. The van der Waals surface area contributed by atoms with E-state index in [2.05, 4.69) is 83.9 Å². The Balaban J connectivity index is 2.17. The second-order valence-electron chi connectivity index (χ2n) is 4.85. The summed E-state index contributed by atoms with van der Waals surface area (Å²) < 4.78 is 4.26. The molecule has 0 aliphatic carbocycles. The molecule has 0 amide bonds. The van der Waals surface area contributed by atoms with Crippen LogP contribution >= 0.6 is 31.9 Å². The number of fused-ring (bicyclic) bond motifs is 3. The van der Waals surface area contributed by atoms with Gasteiger partial charge in [0.1, 0.15) is 5.82 Å². The number of pyridine rings is 1. The molecule has 0 N–H and O–H groups in total. The Labute approximate surface area is 138 Å². The number of halogens is 2. The van der Waals surface area contributed by atoms with Crippen LogP contribution in [0.4, 0.5) is 0 Å². The predicted octanol–water partition coefficient (Wildman–Crippen LogP) is 5.70. The summed E-state index contributed by atoms with van der Waals surface area (Å²) in [5, 5.41) is 2.46. The third-order valence-electron chi connectivity index (χ3n) is 3.58. The highest BCUT2D eigenvalue weighted by Gasteiger charge is 2.12. The third-order valence-corrected chi connectivity index (χ3v) is 4.54. The average Bonchev–Trinajstić information content (AvgIpc) is 2.82. The van der Waals surface area contributed by atoms with Gasteiger partial charge in [0.25, 0.3) is 0 Å². The van der Waals surface area contributed by atoms with Crippen LogP contribution in [0.25, 0.3) is 27.6 Å². The van der Waals surface area contributed by atoms with Crippen molar-refractivity contribution in [2.24, 2.45) is 0 Å². The Morgan fingerprint density at radius 3 is 2.33 bits per heavy atom. The van der Waals surface area contributed by atoms with E-state index in [1.165, 1.54) is 16.3 Å². The van der Waals surface area contributed by atoms with E-state index in [1.807, 2.05) is 18.3 Å². The van der Waals surface area contributed by atoms with E-state index in [-0.39, 0.29) is 0 Å². The minimum atomic E-state index is 0.923. The second-order valence-corrected chi connectivity index (χ2v) is 6.68. The van der Waals surface area contributed by atoms with Gasteiger partial charge in [0, 0.05) is 25.9 Å². The molecule has 4 heteroatoms. The molecule has 102 valence electrons. The Morgan fingerprint density at radius 2 is 1.52 bits per heavy atom. The highest BCUT2D eigenvalue weighted by molar-refractivity contribution is 9.10. The smallest absolute Gasteiger partial charge is 0.137 e. The summed E-state index contributed by atoms with van der Waals surface area (Å²) in [5.74, 6) is 0.923. The molecule has 0 radical (unpaired) electrons. The Kier molecular flexibility index (Phi) is 3.08. The third kappa shape index (κ3) is 2.10. The van der Waals surface area contributed by atoms with Crippen LogP contribution in [-0.2, 0) is 0 Å². The van der Waals surface area contributed by atoms with E-state index in [4.69, 9.17) is 0 Å². The van der Waals surface area contributed by atoms with Gasteiger partial charge in [-0.3, -0.25) is 4.57 Å². The molecule has 0 atom stereocenters. The first kappa shape index (κ1) is 13.0. The number of hydrogen-bond acceptors (Lipinski definition) is 1. The minimum Gasteiger partial charge on any atom is -0.294 e. The Morgan fingerprint density at radius 1 is 0.762 bits per heavy atom. The van der Waals surface area contributed by atoms with Crippen LogP contribution in [0.5, 0.6) is 0 Å². The van der Waals surface area contributed by atoms with Gasteiger partial charge in [-0.2, -0.15) is 0 Å². The molecule has 2 nitrogen and oxygen atoms in total. The zero-order chi connectivity index (χ0) is 14.4. The van der Waals surface area contributed by atoms with Gasteiger partial charge >= 0.3 is 0 Å². The fourth-order valence-corrected chi connectivity index (χ4v) is 3.29. The van der Waals surface area contributed by atoms with Crippen LogP contribution < -0.4 is 0 Å². The van der Waals surface area contributed by atoms with Crippen LogP contribution in [-0.4, -0.2) is 9.55 Å². The first-order valence-electron chi connectivity index (χ1n) is 6.55. The Bertz CT molecular complexity index is 956. The molecule has 0 saturated carbocycles. The molecular formula is C17H10Br2N2. The predicted molar refractivity (Wildman–Crippen MR) is 94.0 cm³/mol. The number of aromatic nitrogens is 2. The number of benzene rings is 2. The van der Waals surface area contributed by atoms with Crippen LogP contribution in [0.15, 0.2) is 69.7 Å². The van der Waals surface area contributed by atoms with Gasteiger partial charge in [-0.15, -0.1) is 0 Å². The lowest BCUT2D eigenvalue weighted by Crippen LogP contribution is -1.96. The van der Waals surface area contributed by atoms with Crippen molar-refractivity contribution in [1.82, 2.24) is 9.55 Å². The Hall–Kier alpha value is -1.65. The second kappa shape index (κ2) is 4.97. The summed E-state index contributed by atoms with van der Waals surface area (Å²) in [6, 6.07) is 18.8. The van der Waals surface area contributed by atoms with Crippen LogP contribution in [0, 0.1) is 0 Å². The normalized spacial score (nSPS) is 11.3. The van der Waals surface area contributed by atoms with Gasteiger partial charge in [-0.05, 0) is 52.3 Å². The zero-order valence-corrected chi connectivity index (χ0v) is 14.1. The maximum Gasteiger partial charge on any atom is 0.137 e. The van der Waals surface area contributed by atoms with Crippen LogP contribution in [0.1, 0.15) is 0 Å². The molecular weight excluding hydrogens is 392 g/mol. The van der Waals surface area contributed by atoms with Gasteiger partial charge in [0.2, 0.25) is 0 Å². The van der Waals surface area contributed by atoms with Crippen molar-refractivity contribution >= 4 is 53.7 Å². The number of para-hydroxylation sites is 1. The van der Waals surface area contributed by atoms with E-state index in [0.29, 0.717) is 0 Å². The fraction of sp³-hybridized carbons (Fsp3) is 0. The summed E-state index contributed by atoms with van der Waals surface area (Å²) in [4.78, 5) is 4.55. The highest BCUT2D eigenvalue weighted by atomic mass is 79.9. The van der Waals surface area contributed by atoms with E-state index < -0.39 is 0 Å². The minimum absolute atomic E-state index is 0.923. The van der Waals surface area contributed by atoms with Crippen molar-refractivity contribution in [2.45, 2.75) is 0 Å². The number of rotatable bonds is 1. The number of hydrogen-bond donors (Lipinski definition) is 0. The standard InChI is InChI=1S/C17H10Br2N2/c18-11-5-7-16-14(9-11)13-3-1-2-4-15(13)21(16)17-8-6-12(19)10-20-17/h1-10H. The van der Waals surface area contributed by atoms with E-state index in [1.54, 1.807) is 0 Å². The van der Waals surface area contributed by atoms with Gasteiger partial charge in [-0.25, -0.2) is 4.98 Å². The molecule has 0 bridgehead atoms. The van der Waals surface area contributed by atoms with E-state index in [9.17, 15) is 0 Å². The summed E-state index contributed by atoms with van der Waals surface area (Å²) in [6.45, 7) is 0. The molecule has 4 rings (SSSR count). The van der Waals surface area contributed by atoms with Crippen molar-refractivity contribution in [2.75, 3.05) is 0 Å². The SMILES string of the molecule is Brc1ccc(-n2c3ccccc3c3cc(Br)ccc32)nc1. The maximum atomic E-state index is 4.55. The van der Waals surface area contributed by atoms with Crippen LogP contribution in [0.3, 0.4) is 0 Å². The molecule has 0 spiro atoms. The molecule has 2 aromatic carbocycles. The number of nitrogens with zero attached hydrogens (tertiary/aromatic N) is 2. The largest absolute Gasteiger partial charge is 0.294 e. The lowest BCUT2D eigenvalue weighted by atomic mass is 10.2. The molecule has 2 heterocycles. The molecule has 0 aliphatic heterocycles. The van der Waals surface area contributed by atoms with Gasteiger partial charge < -0.3 is 0 Å². The molecule has 4 aromatic rings. The molecule has 0 saturated heterocycles. The van der Waals surface area contributed by atoms with Crippen molar-refractivity contribution in [3.63, 3.8) is 0 Å². The zero-order valence-electron chi connectivity index (χ0n) is 10.9. The van der Waals surface area contributed by atoms with Gasteiger partial charge in [-0.1, -0.05) is 34.1 Å². The summed E-state index contributed by atoms with van der Waals surface area (Å²) in [7, 11) is 0. The van der Waals surface area contributed by atoms with Crippen molar-refractivity contribution < 1.29 is 0 Å². The molecule has 0 unspecified atom stereocenters. The fourth-order valence-electron chi connectivity index (χ4n) is 2.69. The summed E-state index contributed by atoms with van der Waals surface area (Å²) in [6.07, 6.45) is 1.83. The first-order chi connectivity index (χ1) is 10.2. The molecule has 0 fully saturated rings. The quantitative estimate of drug-likeness (QED) is 0.399. The van der Waals surface area contributed by atoms with Gasteiger partial charge in [0.05, 0.1) is 11.0 Å². The first-order valence-corrected chi connectivity index (χ1v) is 8.13. The molecule has 2 aromatic heterocycles. The van der Waals surface area contributed by atoms with Gasteiger partial charge in [0.15, 0.2) is 0 Å². The van der Waals surface area contributed by atoms with E-state index in [0.717, 1.165) is 20.3 Å². The summed E-state index contributed by atoms with van der Waals surface area (Å²) in [5.41, 5.74) is 2.33. The lowest BCUT2D eigenvalue weighted by Gasteiger charge is -2.06. The average molecular weight is 402 g/mol. The molecule has 21 heavy (non-hydrogen) atoms. The van der Waals surface area contributed by atoms with Crippen molar-refractivity contribution in [3.8, 4) is 5.82 Å². The lowest BCUT2D eigenvalue weighted by molar-refractivity contribution is 1.08. The van der Waals surface area contributed by atoms with Crippen molar-refractivity contribution in [1.29, 1.82) is 0 Å². The molecule has 0 aliphatic rings. The summed E-state index contributed by atoms with van der Waals surface area (Å²) >= 11 is 7.00. The van der Waals surface area contributed by atoms with Crippen LogP contribution in [0.2, 0.25) is 0 Å². The van der Waals surface area contributed by atoms with Crippen molar-refractivity contribution in [3.05, 3.63) is 69.7 Å². The maximum absolute atomic E-state index is 4.55. The topological polar surface area (TPSA) is 17.8 Å². The monoisotopic (exact) mass is 400 g/mol.